The van der Waals surface area contributed by atoms with Crippen molar-refractivity contribution in [1.29, 1.82) is 0 Å². The van der Waals surface area contributed by atoms with Crippen LogP contribution in [0.3, 0.4) is 0 Å². The largest absolute Gasteiger partial charge is 0.493 e. The molecule has 0 radical (unpaired) electrons. The number of rotatable bonds is 4. The number of halogens is 1. The SMILES string of the molecule is C=CCCOc1cccc(Cl)c1. The molecule has 0 heterocycles. The van der Waals surface area contributed by atoms with Crippen LogP contribution < -0.4 is 4.74 Å². The summed E-state index contributed by atoms with van der Waals surface area (Å²) in [5.74, 6) is 0.810. The molecule has 0 aromatic heterocycles. The van der Waals surface area contributed by atoms with Gasteiger partial charge in [-0.25, -0.2) is 0 Å². The predicted molar refractivity (Wildman–Crippen MR) is 51.8 cm³/mol. The van der Waals surface area contributed by atoms with Crippen LogP contribution in [0.5, 0.6) is 5.75 Å². The van der Waals surface area contributed by atoms with Gasteiger partial charge in [-0.05, 0) is 24.6 Å². The molecule has 12 heavy (non-hydrogen) atoms. The summed E-state index contributed by atoms with van der Waals surface area (Å²) < 4.78 is 5.37. The zero-order chi connectivity index (χ0) is 8.81. The summed E-state index contributed by atoms with van der Waals surface area (Å²) in [5.41, 5.74) is 0. The van der Waals surface area contributed by atoms with Gasteiger partial charge in [-0.2, -0.15) is 0 Å². The van der Waals surface area contributed by atoms with Crippen molar-refractivity contribution in [2.75, 3.05) is 6.61 Å². The van der Waals surface area contributed by atoms with E-state index in [1.807, 2.05) is 24.3 Å². The molecule has 0 N–H and O–H groups in total. The molecule has 1 aromatic rings. The van der Waals surface area contributed by atoms with Crippen LogP contribution in [0.15, 0.2) is 36.9 Å². The average Bonchev–Trinajstić information content (AvgIpc) is 2.05. The molecule has 0 fully saturated rings. The summed E-state index contributed by atoms with van der Waals surface area (Å²) in [6, 6.07) is 7.37. The van der Waals surface area contributed by atoms with Crippen LogP contribution in [0, 0.1) is 0 Å². The highest BCUT2D eigenvalue weighted by Crippen LogP contribution is 2.16. The third kappa shape index (κ3) is 2.97. The highest BCUT2D eigenvalue weighted by atomic mass is 35.5. The quantitative estimate of drug-likeness (QED) is 0.513. The molecule has 0 aliphatic heterocycles. The first-order chi connectivity index (χ1) is 5.83. The second kappa shape index (κ2) is 4.83. The van der Waals surface area contributed by atoms with Gasteiger partial charge in [-0.15, -0.1) is 6.58 Å². The molecule has 64 valence electrons. The summed E-state index contributed by atoms with van der Waals surface area (Å²) >= 11 is 5.76. The van der Waals surface area contributed by atoms with Crippen molar-refractivity contribution in [3.8, 4) is 5.75 Å². The van der Waals surface area contributed by atoms with Crippen LogP contribution in [0.1, 0.15) is 6.42 Å². The summed E-state index contributed by atoms with van der Waals surface area (Å²) in [6.07, 6.45) is 2.68. The van der Waals surface area contributed by atoms with Gasteiger partial charge in [-0.1, -0.05) is 23.7 Å². The van der Waals surface area contributed by atoms with Crippen molar-refractivity contribution in [2.24, 2.45) is 0 Å². The molecule has 2 heteroatoms. The summed E-state index contributed by atoms with van der Waals surface area (Å²) in [6.45, 7) is 4.26. The second-order valence-electron chi connectivity index (χ2n) is 2.38. The molecule has 0 saturated carbocycles. The summed E-state index contributed by atoms with van der Waals surface area (Å²) in [5, 5.41) is 0.700. The molecule has 0 bridgehead atoms. The molecular weight excluding hydrogens is 172 g/mol. The third-order valence-electron chi connectivity index (χ3n) is 1.39. The van der Waals surface area contributed by atoms with Crippen molar-refractivity contribution in [3.63, 3.8) is 0 Å². The molecule has 1 nitrogen and oxygen atoms in total. The van der Waals surface area contributed by atoms with E-state index in [4.69, 9.17) is 16.3 Å². The Bertz CT molecular complexity index is 258. The minimum atomic E-state index is 0.657. The average molecular weight is 183 g/mol. The van der Waals surface area contributed by atoms with Gasteiger partial charge >= 0.3 is 0 Å². The topological polar surface area (TPSA) is 9.23 Å². The van der Waals surface area contributed by atoms with Gasteiger partial charge in [0.2, 0.25) is 0 Å². The zero-order valence-electron chi connectivity index (χ0n) is 6.79. The van der Waals surface area contributed by atoms with Gasteiger partial charge in [0.25, 0.3) is 0 Å². The van der Waals surface area contributed by atoms with Crippen LogP contribution in [0.4, 0.5) is 0 Å². The molecule has 0 unspecified atom stereocenters. The maximum atomic E-state index is 5.76. The summed E-state index contributed by atoms with van der Waals surface area (Å²) in [7, 11) is 0. The van der Waals surface area contributed by atoms with Crippen molar-refractivity contribution < 1.29 is 4.74 Å². The Morgan fingerprint density at radius 2 is 2.33 bits per heavy atom. The minimum Gasteiger partial charge on any atom is -0.493 e. The molecule has 0 aliphatic rings. The molecule has 1 aromatic carbocycles. The third-order valence-corrected chi connectivity index (χ3v) is 1.62. The first-order valence-corrected chi connectivity index (χ1v) is 4.20. The molecule has 0 aliphatic carbocycles. The van der Waals surface area contributed by atoms with Crippen molar-refractivity contribution >= 4 is 11.6 Å². The van der Waals surface area contributed by atoms with Gasteiger partial charge < -0.3 is 4.74 Å². The van der Waals surface area contributed by atoms with E-state index >= 15 is 0 Å². The van der Waals surface area contributed by atoms with Crippen LogP contribution in [-0.2, 0) is 0 Å². The molecule has 1 rings (SSSR count). The standard InChI is InChI=1S/C10H11ClO/c1-2-3-7-12-10-6-4-5-9(11)8-10/h2,4-6,8H,1,3,7H2. The van der Waals surface area contributed by atoms with Crippen molar-refractivity contribution in [2.45, 2.75) is 6.42 Å². The Labute approximate surface area is 77.6 Å². The Morgan fingerprint density at radius 3 is 3.00 bits per heavy atom. The van der Waals surface area contributed by atoms with Crippen LogP contribution >= 0.6 is 11.6 Å². The molecule has 0 amide bonds. The van der Waals surface area contributed by atoms with E-state index in [2.05, 4.69) is 6.58 Å². The summed E-state index contributed by atoms with van der Waals surface area (Å²) in [4.78, 5) is 0. The van der Waals surface area contributed by atoms with Gasteiger partial charge in [0.15, 0.2) is 0 Å². The fourth-order valence-electron chi connectivity index (χ4n) is 0.817. The monoisotopic (exact) mass is 182 g/mol. The van der Waals surface area contributed by atoms with Gasteiger partial charge in [0, 0.05) is 5.02 Å². The van der Waals surface area contributed by atoms with E-state index in [1.54, 1.807) is 6.07 Å². The van der Waals surface area contributed by atoms with Gasteiger partial charge in [0.05, 0.1) is 6.61 Å². The number of ether oxygens (including phenoxy) is 1. The fraction of sp³-hybridized carbons (Fsp3) is 0.200. The minimum absolute atomic E-state index is 0.657. The van der Waals surface area contributed by atoms with E-state index in [0.717, 1.165) is 12.2 Å². The van der Waals surface area contributed by atoms with Crippen molar-refractivity contribution in [3.05, 3.63) is 41.9 Å². The van der Waals surface area contributed by atoms with E-state index < -0.39 is 0 Å². The smallest absolute Gasteiger partial charge is 0.120 e. The van der Waals surface area contributed by atoms with Gasteiger partial charge in [-0.3, -0.25) is 0 Å². The van der Waals surface area contributed by atoms with Crippen molar-refractivity contribution in [1.82, 2.24) is 0 Å². The zero-order valence-corrected chi connectivity index (χ0v) is 7.55. The maximum absolute atomic E-state index is 5.76. The Kier molecular flexibility index (Phi) is 3.68. The maximum Gasteiger partial charge on any atom is 0.120 e. The number of hydrogen-bond donors (Lipinski definition) is 0. The lowest BCUT2D eigenvalue weighted by Gasteiger charge is -2.03. The van der Waals surface area contributed by atoms with Crippen LogP contribution in [0.2, 0.25) is 5.02 Å². The Balaban J connectivity index is 2.46. The van der Waals surface area contributed by atoms with E-state index in [1.165, 1.54) is 0 Å². The van der Waals surface area contributed by atoms with Gasteiger partial charge in [0.1, 0.15) is 5.75 Å². The normalized spacial score (nSPS) is 9.42. The molecular formula is C10H11ClO. The van der Waals surface area contributed by atoms with E-state index in [-0.39, 0.29) is 0 Å². The number of benzene rings is 1. The first-order valence-electron chi connectivity index (χ1n) is 3.82. The highest BCUT2D eigenvalue weighted by Gasteiger charge is 1.92. The Hall–Kier alpha value is -0.950. The van der Waals surface area contributed by atoms with Crippen LogP contribution in [0.25, 0.3) is 0 Å². The Morgan fingerprint density at radius 1 is 1.50 bits per heavy atom. The van der Waals surface area contributed by atoms with Crippen LogP contribution in [-0.4, -0.2) is 6.61 Å². The lowest BCUT2D eigenvalue weighted by Crippen LogP contribution is -1.94. The highest BCUT2D eigenvalue weighted by molar-refractivity contribution is 6.30. The molecule has 0 spiro atoms. The van der Waals surface area contributed by atoms with E-state index in [0.29, 0.717) is 11.6 Å². The molecule has 0 saturated heterocycles. The van der Waals surface area contributed by atoms with E-state index in [9.17, 15) is 0 Å². The lowest BCUT2D eigenvalue weighted by atomic mass is 10.3. The molecule has 0 atom stereocenters. The first kappa shape index (κ1) is 9.14. The number of hydrogen-bond acceptors (Lipinski definition) is 1. The lowest BCUT2D eigenvalue weighted by molar-refractivity contribution is 0.325. The fourth-order valence-corrected chi connectivity index (χ4v) is 0.997. The predicted octanol–water partition coefficient (Wildman–Crippen LogP) is 3.29. The second-order valence-corrected chi connectivity index (χ2v) is 2.82.